The van der Waals surface area contributed by atoms with E-state index >= 15 is 0 Å². The van der Waals surface area contributed by atoms with Crippen LogP contribution in [0.15, 0.2) is 24.3 Å². The van der Waals surface area contributed by atoms with Crippen LogP contribution in [-0.4, -0.2) is 28.8 Å². The molecule has 0 aliphatic carbocycles. The van der Waals surface area contributed by atoms with Crippen LogP contribution < -0.4 is 11.5 Å². The maximum absolute atomic E-state index is 10.9. The van der Waals surface area contributed by atoms with Crippen molar-refractivity contribution in [2.45, 2.75) is 18.6 Å². The molecule has 0 radical (unpaired) electrons. The molecule has 0 spiro atoms. The van der Waals surface area contributed by atoms with E-state index in [2.05, 4.69) is 0 Å². The first-order chi connectivity index (χ1) is 7.56. The molecule has 6 N–H and O–H groups in total. The first-order valence-corrected chi connectivity index (χ1v) is 5.02. The smallest absolute Gasteiger partial charge is 0.248 e. The summed E-state index contributed by atoms with van der Waals surface area (Å²) in [5.74, 6) is -0.567. The number of aliphatic hydroxyl groups is 2. The summed E-state index contributed by atoms with van der Waals surface area (Å²) in [6.45, 7) is 0.285. The number of nitrogens with two attached hydrogens (primary N) is 2. The molecule has 2 unspecified atom stereocenters. The normalized spacial score (nSPS) is 14.4. The number of aliphatic hydroxyl groups excluding tert-OH is 2. The van der Waals surface area contributed by atoms with Gasteiger partial charge in [-0.2, -0.15) is 0 Å². The molecule has 5 nitrogen and oxygen atoms in total. The van der Waals surface area contributed by atoms with Crippen molar-refractivity contribution in [3.8, 4) is 0 Å². The minimum Gasteiger partial charge on any atom is -0.390 e. The number of hydrogen-bond donors (Lipinski definition) is 4. The van der Waals surface area contributed by atoms with E-state index in [1.54, 1.807) is 18.2 Å². The minimum absolute atomic E-state index is 0.285. The number of amides is 1. The zero-order chi connectivity index (χ0) is 12.1. The van der Waals surface area contributed by atoms with Crippen molar-refractivity contribution in [1.82, 2.24) is 0 Å². The highest BCUT2D eigenvalue weighted by Gasteiger charge is 2.18. The van der Waals surface area contributed by atoms with Crippen molar-refractivity contribution in [1.29, 1.82) is 0 Å². The molecule has 5 heteroatoms. The first kappa shape index (κ1) is 12.6. The van der Waals surface area contributed by atoms with Gasteiger partial charge in [0.05, 0.1) is 6.10 Å². The number of carbonyl (C=O) groups excluding carboxylic acids is 1. The molecule has 0 bridgehead atoms. The third kappa shape index (κ3) is 3.03. The van der Waals surface area contributed by atoms with Gasteiger partial charge in [0.2, 0.25) is 5.91 Å². The Labute approximate surface area is 93.7 Å². The Kier molecular flexibility index (Phi) is 4.42. The van der Waals surface area contributed by atoms with Gasteiger partial charge < -0.3 is 21.7 Å². The maximum Gasteiger partial charge on any atom is 0.248 e. The molecule has 0 aliphatic heterocycles. The summed E-state index contributed by atoms with van der Waals surface area (Å²) < 4.78 is 0. The molecule has 1 amide bonds. The number of benzene rings is 1. The maximum atomic E-state index is 10.9. The van der Waals surface area contributed by atoms with E-state index in [1.165, 1.54) is 6.07 Å². The van der Waals surface area contributed by atoms with Gasteiger partial charge in [0.15, 0.2) is 0 Å². The zero-order valence-electron chi connectivity index (χ0n) is 8.84. The van der Waals surface area contributed by atoms with E-state index in [1.807, 2.05) is 0 Å². The van der Waals surface area contributed by atoms with Gasteiger partial charge in [0.1, 0.15) is 6.10 Å². The lowest BCUT2D eigenvalue weighted by Gasteiger charge is -2.17. The molecule has 88 valence electrons. The number of primary amides is 1. The summed E-state index contributed by atoms with van der Waals surface area (Å²) >= 11 is 0. The number of hydrogen-bond acceptors (Lipinski definition) is 4. The lowest BCUT2D eigenvalue weighted by atomic mass is 10.00. The second-order valence-electron chi connectivity index (χ2n) is 3.58. The summed E-state index contributed by atoms with van der Waals surface area (Å²) in [4.78, 5) is 10.9. The highest BCUT2D eigenvalue weighted by Crippen LogP contribution is 2.19. The lowest BCUT2D eigenvalue weighted by Crippen LogP contribution is -2.22. The van der Waals surface area contributed by atoms with Crippen LogP contribution in [0.4, 0.5) is 0 Å². The van der Waals surface area contributed by atoms with Crippen LogP contribution in [-0.2, 0) is 0 Å². The van der Waals surface area contributed by atoms with Crippen molar-refractivity contribution < 1.29 is 15.0 Å². The van der Waals surface area contributed by atoms with Crippen molar-refractivity contribution in [3.63, 3.8) is 0 Å². The van der Waals surface area contributed by atoms with Gasteiger partial charge in [-0.05, 0) is 30.7 Å². The van der Waals surface area contributed by atoms with Gasteiger partial charge in [-0.15, -0.1) is 0 Å². The van der Waals surface area contributed by atoms with Gasteiger partial charge in [-0.1, -0.05) is 12.1 Å². The van der Waals surface area contributed by atoms with Gasteiger partial charge in [-0.3, -0.25) is 4.79 Å². The lowest BCUT2D eigenvalue weighted by molar-refractivity contribution is 0.0150. The van der Waals surface area contributed by atoms with E-state index in [9.17, 15) is 15.0 Å². The minimum atomic E-state index is -1.05. The van der Waals surface area contributed by atoms with Crippen LogP contribution >= 0.6 is 0 Å². The number of carbonyl (C=O) groups is 1. The Bertz CT molecular complexity index is 368. The molecule has 0 aliphatic rings. The first-order valence-electron chi connectivity index (χ1n) is 5.02. The molecule has 0 saturated carbocycles. The monoisotopic (exact) mass is 224 g/mol. The third-order valence-corrected chi connectivity index (χ3v) is 2.34. The van der Waals surface area contributed by atoms with Crippen LogP contribution in [0.1, 0.15) is 28.4 Å². The molecule has 1 aromatic carbocycles. The topological polar surface area (TPSA) is 110 Å². The fourth-order valence-electron chi connectivity index (χ4n) is 1.43. The Balaban J connectivity index is 2.86. The average molecular weight is 224 g/mol. The SMILES string of the molecule is NCCC(O)C(O)c1cccc(C(N)=O)c1. The van der Waals surface area contributed by atoms with Crippen molar-refractivity contribution in [2.75, 3.05) is 6.54 Å². The third-order valence-electron chi connectivity index (χ3n) is 2.34. The molecule has 16 heavy (non-hydrogen) atoms. The predicted molar refractivity (Wildman–Crippen MR) is 59.6 cm³/mol. The molecule has 0 aromatic heterocycles. The molecule has 0 heterocycles. The van der Waals surface area contributed by atoms with Crippen LogP contribution in [0.2, 0.25) is 0 Å². The molecule has 0 fully saturated rings. The quantitative estimate of drug-likeness (QED) is 0.542. The summed E-state index contributed by atoms with van der Waals surface area (Å²) in [5.41, 5.74) is 11.2. The van der Waals surface area contributed by atoms with E-state index in [4.69, 9.17) is 11.5 Å². The fraction of sp³-hybridized carbons (Fsp3) is 0.364. The van der Waals surface area contributed by atoms with Crippen LogP contribution in [0, 0.1) is 0 Å². The number of rotatable bonds is 5. The van der Waals surface area contributed by atoms with Crippen molar-refractivity contribution >= 4 is 5.91 Å². The van der Waals surface area contributed by atoms with Crippen LogP contribution in [0.5, 0.6) is 0 Å². The molecule has 0 saturated heterocycles. The van der Waals surface area contributed by atoms with E-state index in [-0.39, 0.29) is 6.54 Å². The zero-order valence-corrected chi connectivity index (χ0v) is 8.84. The summed E-state index contributed by atoms with van der Waals surface area (Å²) in [5, 5.41) is 19.3. The Morgan fingerprint density at radius 1 is 1.38 bits per heavy atom. The largest absolute Gasteiger partial charge is 0.390 e. The average Bonchev–Trinajstić information content (AvgIpc) is 2.28. The van der Waals surface area contributed by atoms with Gasteiger partial charge in [0.25, 0.3) is 0 Å². The molecule has 1 aromatic rings. The molecular formula is C11H16N2O3. The highest BCUT2D eigenvalue weighted by atomic mass is 16.3. The molecular weight excluding hydrogens is 208 g/mol. The summed E-state index contributed by atoms with van der Waals surface area (Å²) in [7, 11) is 0. The Morgan fingerprint density at radius 2 is 2.06 bits per heavy atom. The van der Waals surface area contributed by atoms with Gasteiger partial charge >= 0.3 is 0 Å². The van der Waals surface area contributed by atoms with E-state index in [0.29, 0.717) is 17.5 Å². The van der Waals surface area contributed by atoms with Gasteiger partial charge in [-0.25, -0.2) is 0 Å². The Morgan fingerprint density at radius 3 is 2.62 bits per heavy atom. The Hall–Kier alpha value is -1.43. The standard InChI is InChI=1S/C11H16N2O3/c12-5-4-9(14)10(15)7-2-1-3-8(6-7)11(13)16/h1-3,6,9-10,14-15H,4-5,12H2,(H2,13,16). The second-order valence-corrected chi connectivity index (χ2v) is 3.58. The highest BCUT2D eigenvalue weighted by molar-refractivity contribution is 5.92. The van der Waals surface area contributed by atoms with Crippen molar-refractivity contribution in [3.05, 3.63) is 35.4 Å². The van der Waals surface area contributed by atoms with Crippen LogP contribution in [0.3, 0.4) is 0 Å². The van der Waals surface area contributed by atoms with Gasteiger partial charge in [0, 0.05) is 5.56 Å². The van der Waals surface area contributed by atoms with Crippen LogP contribution in [0.25, 0.3) is 0 Å². The molecule has 2 atom stereocenters. The summed E-state index contributed by atoms with van der Waals surface area (Å²) in [6.07, 6.45) is -1.70. The summed E-state index contributed by atoms with van der Waals surface area (Å²) in [6, 6.07) is 6.24. The van der Waals surface area contributed by atoms with Crippen molar-refractivity contribution in [2.24, 2.45) is 11.5 Å². The van der Waals surface area contributed by atoms with E-state index < -0.39 is 18.1 Å². The second kappa shape index (κ2) is 5.60. The predicted octanol–water partition coefficient (Wildman–Crippen LogP) is -0.471. The molecule has 1 rings (SSSR count). The van der Waals surface area contributed by atoms with E-state index in [0.717, 1.165) is 0 Å². The fourth-order valence-corrected chi connectivity index (χ4v) is 1.43.